The number of benzene rings is 2. The van der Waals surface area contributed by atoms with Crippen LogP contribution in [0.3, 0.4) is 0 Å². The minimum atomic E-state index is -3.25. The highest BCUT2D eigenvalue weighted by Gasteiger charge is 2.26. The molecule has 1 aromatic heterocycles. The van der Waals surface area contributed by atoms with Crippen molar-refractivity contribution in [1.82, 2.24) is 0 Å². The van der Waals surface area contributed by atoms with Gasteiger partial charge in [0.05, 0.1) is 17.7 Å². The molecular formula is C19H18N2O4S. The normalized spacial score (nSPS) is 16.5. The number of furan rings is 1. The van der Waals surface area contributed by atoms with Crippen LogP contribution in [0, 0.1) is 0 Å². The molecule has 4 rings (SSSR count). The zero-order valence-electron chi connectivity index (χ0n) is 14.0. The molecule has 1 N–H and O–H groups in total. The van der Waals surface area contributed by atoms with Gasteiger partial charge in [-0.1, -0.05) is 0 Å². The maximum absolute atomic E-state index is 12.4. The van der Waals surface area contributed by atoms with Gasteiger partial charge < -0.3 is 9.73 Å². The van der Waals surface area contributed by atoms with Crippen LogP contribution in [0.1, 0.15) is 23.2 Å². The number of amides is 1. The first kappa shape index (κ1) is 16.7. The molecule has 0 atom stereocenters. The third-order valence-electron chi connectivity index (χ3n) is 4.48. The van der Waals surface area contributed by atoms with E-state index in [-0.39, 0.29) is 11.7 Å². The molecule has 7 heteroatoms. The second kappa shape index (κ2) is 6.49. The molecule has 26 heavy (non-hydrogen) atoms. The zero-order chi connectivity index (χ0) is 18.1. The molecule has 0 radical (unpaired) electrons. The van der Waals surface area contributed by atoms with E-state index in [1.807, 2.05) is 18.2 Å². The molecule has 1 amide bonds. The molecule has 1 aliphatic rings. The molecule has 0 aliphatic carbocycles. The van der Waals surface area contributed by atoms with Gasteiger partial charge in [-0.25, -0.2) is 8.42 Å². The van der Waals surface area contributed by atoms with Gasteiger partial charge in [0, 0.05) is 29.2 Å². The van der Waals surface area contributed by atoms with E-state index in [0.29, 0.717) is 35.5 Å². The summed E-state index contributed by atoms with van der Waals surface area (Å²) in [6, 6.07) is 13.9. The summed E-state index contributed by atoms with van der Waals surface area (Å²) in [5.41, 5.74) is 2.40. The number of carbonyl (C=O) groups is 1. The lowest BCUT2D eigenvalue weighted by molar-refractivity contribution is 0.102. The van der Waals surface area contributed by atoms with Gasteiger partial charge in [0.2, 0.25) is 10.0 Å². The number of rotatable bonds is 3. The van der Waals surface area contributed by atoms with Crippen molar-refractivity contribution >= 4 is 38.3 Å². The highest BCUT2D eigenvalue weighted by Crippen LogP contribution is 2.24. The first-order valence-corrected chi connectivity index (χ1v) is 10.0. The predicted octanol–water partition coefficient (Wildman–Crippen LogP) is 3.62. The second-order valence-corrected chi connectivity index (χ2v) is 8.28. The van der Waals surface area contributed by atoms with Gasteiger partial charge in [0.25, 0.3) is 5.91 Å². The van der Waals surface area contributed by atoms with Crippen molar-refractivity contribution in [2.75, 3.05) is 21.9 Å². The molecule has 2 heterocycles. The van der Waals surface area contributed by atoms with Crippen LogP contribution in [0.5, 0.6) is 0 Å². The third-order valence-corrected chi connectivity index (χ3v) is 6.35. The van der Waals surface area contributed by atoms with Gasteiger partial charge >= 0.3 is 0 Å². The largest absolute Gasteiger partial charge is 0.464 e. The van der Waals surface area contributed by atoms with E-state index >= 15 is 0 Å². The van der Waals surface area contributed by atoms with Gasteiger partial charge in [-0.05, 0) is 55.3 Å². The van der Waals surface area contributed by atoms with Crippen molar-refractivity contribution in [1.29, 1.82) is 0 Å². The number of sulfonamides is 1. The minimum absolute atomic E-state index is 0.171. The third kappa shape index (κ3) is 3.17. The van der Waals surface area contributed by atoms with Crippen molar-refractivity contribution in [2.24, 2.45) is 0 Å². The summed E-state index contributed by atoms with van der Waals surface area (Å²) in [6.07, 6.45) is 3.14. The molecule has 6 nitrogen and oxygen atoms in total. The van der Waals surface area contributed by atoms with E-state index < -0.39 is 10.0 Å². The van der Waals surface area contributed by atoms with E-state index in [2.05, 4.69) is 5.32 Å². The van der Waals surface area contributed by atoms with E-state index in [9.17, 15) is 13.2 Å². The minimum Gasteiger partial charge on any atom is -0.464 e. The molecule has 0 saturated carbocycles. The monoisotopic (exact) mass is 370 g/mol. The number of hydrogen-bond donors (Lipinski definition) is 1. The van der Waals surface area contributed by atoms with Gasteiger partial charge in [-0.15, -0.1) is 0 Å². The van der Waals surface area contributed by atoms with Gasteiger partial charge in [0.1, 0.15) is 5.58 Å². The van der Waals surface area contributed by atoms with Crippen LogP contribution in [0.25, 0.3) is 11.0 Å². The topological polar surface area (TPSA) is 79.6 Å². The summed E-state index contributed by atoms with van der Waals surface area (Å²) in [5.74, 6) is -0.0891. The van der Waals surface area contributed by atoms with Gasteiger partial charge in [-0.2, -0.15) is 0 Å². The lowest BCUT2D eigenvalue weighted by atomic mass is 10.1. The number of fused-ring (bicyclic) bond motifs is 1. The fourth-order valence-electron chi connectivity index (χ4n) is 3.09. The molecule has 1 fully saturated rings. The molecule has 1 saturated heterocycles. The Balaban J connectivity index is 1.51. The molecule has 134 valence electrons. The number of nitrogens with one attached hydrogen (secondary N) is 1. The number of carbonyl (C=O) groups excluding carboxylic acids is 1. The van der Waals surface area contributed by atoms with Crippen LogP contribution in [0.2, 0.25) is 0 Å². The van der Waals surface area contributed by atoms with Crippen molar-refractivity contribution in [3.8, 4) is 0 Å². The Morgan fingerprint density at radius 3 is 2.62 bits per heavy atom. The molecule has 1 aliphatic heterocycles. The predicted molar refractivity (Wildman–Crippen MR) is 101 cm³/mol. The van der Waals surface area contributed by atoms with Gasteiger partial charge in [0.15, 0.2) is 0 Å². The highest BCUT2D eigenvalue weighted by molar-refractivity contribution is 7.92. The smallest absolute Gasteiger partial charge is 0.255 e. The number of anilines is 2. The van der Waals surface area contributed by atoms with Crippen LogP contribution in [-0.4, -0.2) is 26.6 Å². The van der Waals surface area contributed by atoms with Crippen LogP contribution in [-0.2, 0) is 10.0 Å². The molecule has 2 aromatic carbocycles. The summed E-state index contributed by atoms with van der Waals surface area (Å²) in [5, 5.41) is 3.79. The fourth-order valence-corrected chi connectivity index (χ4v) is 4.73. The van der Waals surface area contributed by atoms with E-state index in [1.54, 1.807) is 36.6 Å². The van der Waals surface area contributed by atoms with E-state index in [0.717, 1.165) is 11.8 Å². The van der Waals surface area contributed by atoms with Crippen LogP contribution < -0.4 is 9.62 Å². The summed E-state index contributed by atoms with van der Waals surface area (Å²) < 4.78 is 31.1. The lowest BCUT2D eigenvalue weighted by Gasteiger charge is -2.28. The molecule has 0 unspecified atom stereocenters. The number of nitrogens with zero attached hydrogens (tertiary/aromatic N) is 1. The second-order valence-electron chi connectivity index (χ2n) is 6.27. The van der Waals surface area contributed by atoms with Crippen LogP contribution in [0.4, 0.5) is 11.4 Å². The first-order valence-electron chi connectivity index (χ1n) is 8.42. The highest BCUT2D eigenvalue weighted by atomic mass is 32.2. The SMILES string of the molecule is O=C(Nc1ccc2ccoc2c1)c1ccc(N2CCCCS2(=O)=O)cc1. The molecule has 3 aromatic rings. The van der Waals surface area contributed by atoms with E-state index in [4.69, 9.17) is 4.42 Å². The Bertz CT molecular complexity index is 1050. The Morgan fingerprint density at radius 2 is 1.85 bits per heavy atom. The van der Waals surface area contributed by atoms with Crippen molar-refractivity contribution in [2.45, 2.75) is 12.8 Å². The average molecular weight is 370 g/mol. The van der Waals surface area contributed by atoms with Gasteiger partial charge in [-0.3, -0.25) is 9.10 Å². The Labute approximate surface area is 151 Å². The summed E-state index contributed by atoms with van der Waals surface area (Å²) in [4.78, 5) is 12.4. The Hall–Kier alpha value is -2.80. The standard InChI is InChI=1S/C19H18N2O4S/c22-19(20-16-6-3-14-9-11-25-18(14)13-16)15-4-7-17(8-5-15)21-10-1-2-12-26(21,23)24/h3-9,11,13H,1-2,10,12H2,(H,20,22). The average Bonchev–Trinajstić information content (AvgIpc) is 3.09. The summed E-state index contributed by atoms with van der Waals surface area (Å²) in [6.45, 7) is 0.483. The summed E-state index contributed by atoms with van der Waals surface area (Å²) >= 11 is 0. The first-order chi connectivity index (χ1) is 12.5. The van der Waals surface area contributed by atoms with Crippen molar-refractivity contribution < 1.29 is 17.6 Å². The fraction of sp³-hybridized carbons (Fsp3) is 0.211. The number of hydrogen-bond acceptors (Lipinski definition) is 4. The summed E-state index contributed by atoms with van der Waals surface area (Å²) in [7, 11) is -3.25. The van der Waals surface area contributed by atoms with Crippen molar-refractivity contribution in [3.63, 3.8) is 0 Å². The molecule has 0 bridgehead atoms. The lowest BCUT2D eigenvalue weighted by Crippen LogP contribution is -2.37. The molecule has 0 spiro atoms. The zero-order valence-corrected chi connectivity index (χ0v) is 14.8. The van der Waals surface area contributed by atoms with Crippen LogP contribution in [0.15, 0.2) is 59.2 Å². The maximum Gasteiger partial charge on any atom is 0.255 e. The molecular weight excluding hydrogens is 352 g/mol. The quantitative estimate of drug-likeness (QED) is 0.764. The Morgan fingerprint density at radius 1 is 1.04 bits per heavy atom. The van der Waals surface area contributed by atoms with Crippen LogP contribution >= 0.6 is 0 Å². The van der Waals surface area contributed by atoms with Crippen molar-refractivity contribution in [3.05, 3.63) is 60.4 Å². The maximum atomic E-state index is 12.4. The van der Waals surface area contributed by atoms with E-state index in [1.165, 1.54) is 4.31 Å². The Kier molecular flexibility index (Phi) is 4.16.